The zero-order chi connectivity index (χ0) is 21.7. The number of benzene rings is 1. The van der Waals surface area contributed by atoms with Crippen molar-refractivity contribution >= 4 is 15.9 Å². The average Bonchev–Trinajstić information content (AvgIpc) is 2.78. The molecule has 3 rings (SSSR count). The van der Waals surface area contributed by atoms with Gasteiger partial charge >= 0.3 is 0 Å². The third-order valence-electron chi connectivity index (χ3n) is 4.81. The lowest BCUT2D eigenvalue weighted by Gasteiger charge is -2.27. The molecule has 0 saturated carbocycles. The Balaban J connectivity index is 2.00. The van der Waals surface area contributed by atoms with Crippen molar-refractivity contribution < 1.29 is 27.4 Å². The number of hydrogen-bond donors (Lipinski definition) is 0. The van der Waals surface area contributed by atoms with E-state index < -0.39 is 10.0 Å². The number of amides is 1. The number of carbonyl (C=O) groups is 1. The molecular formula is C20H25N3O6S. The molecule has 30 heavy (non-hydrogen) atoms. The maximum absolute atomic E-state index is 13.2. The van der Waals surface area contributed by atoms with E-state index in [0.29, 0.717) is 19.8 Å². The predicted octanol–water partition coefficient (Wildman–Crippen LogP) is 1.39. The molecular weight excluding hydrogens is 410 g/mol. The number of aromatic nitrogens is 1. The van der Waals surface area contributed by atoms with Crippen LogP contribution in [-0.4, -0.2) is 76.1 Å². The van der Waals surface area contributed by atoms with E-state index in [1.807, 2.05) is 0 Å². The smallest absolute Gasteiger partial charge is 0.257 e. The average molecular weight is 436 g/mol. The van der Waals surface area contributed by atoms with Gasteiger partial charge in [-0.2, -0.15) is 4.31 Å². The Labute approximate surface area is 176 Å². The molecule has 1 aromatic carbocycles. The summed E-state index contributed by atoms with van der Waals surface area (Å²) in [6.45, 7) is 1.48. The standard InChI is InChI=1S/C20H25N3O6S/c1-22(14-15-4-6-21-7-5-15)20(24)17-12-16(13-18(27-2)19(17)28-3)30(25,26)23-8-10-29-11-9-23/h4-7,12-13H,8-11,14H2,1-3H3. The zero-order valence-corrected chi connectivity index (χ0v) is 18.0. The highest BCUT2D eigenvalue weighted by Gasteiger charge is 2.30. The predicted molar refractivity (Wildman–Crippen MR) is 109 cm³/mol. The lowest BCUT2D eigenvalue weighted by molar-refractivity contribution is 0.0730. The Kier molecular flexibility index (Phi) is 6.91. The molecule has 0 aliphatic carbocycles. The summed E-state index contributed by atoms with van der Waals surface area (Å²) in [5.41, 5.74) is 1.00. The quantitative estimate of drug-likeness (QED) is 0.648. The summed E-state index contributed by atoms with van der Waals surface area (Å²) < 4.78 is 43.6. The molecule has 1 aliphatic rings. The van der Waals surface area contributed by atoms with Crippen LogP contribution in [0.15, 0.2) is 41.6 Å². The fourth-order valence-corrected chi connectivity index (χ4v) is 4.67. The molecule has 162 valence electrons. The fraction of sp³-hybridized carbons (Fsp3) is 0.400. The topological polar surface area (TPSA) is 98.3 Å². The summed E-state index contributed by atoms with van der Waals surface area (Å²) in [4.78, 5) is 18.6. The number of nitrogens with zero attached hydrogens (tertiary/aromatic N) is 3. The number of ether oxygens (including phenoxy) is 3. The van der Waals surface area contributed by atoms with Gasteiger partial charge in [0.15, 0.2) is 11.5 Å². The normalized spacial score (nSPS) is 14.9. The molecule has 1 saturated heterocycles. The van der Waals surface area contributed by atoms with E-state index in [-0.39, 0.29) is 41.0 Å². The molecule has 1 aromatic heterocycles. The molecule has 10 heteroatoms. The van der Waals surface area contributed by atoms with Crippen molar-refractivity contribution in [2.75, 3.05) is 47.6 Å². The summed E-state index contributed by atoms with van der Waals surface area (Å²) in [6, 6.07) is 6.34. The molecule has 9 nitrogen and oxygen atoms in total. The first-order chi connectivity index (χ1) is 14.4. The van der Waals surface area contributed by atoms with Crippen molar-refractivity contribution in [1.29, 1.82) is 0 Å². The minimum Gasteiger partial charge on any atom is -0.493 e. The Morgan fingerprint density at radius 3 is 2.43 bits per heavy atom. The van der Waals surface area contributed by atoms with E-state index >= 15 is 0 Å². The fourth-order valence-electron chi connectivity index (χ4n) is 3.22. The van der Waals surface area contributed by atoms with Gasteiger partial charge in [0.05, 0.1) is 37.9 Å². The van der Waals surface area contributed by atoms with Crippen LogP contribution in [0.3, 0.4) is 0 Å². The minimum atomic E-state index is -3.82. The van der Waals surface area contributed by atoms with E-state index in [1.165, 1.54) is 35.6 Å². The van der Waals surface area contributed by atoms with Gasteiger partial charge in [-0.15, -0.1) is 0 Å². The van der Waals surface area contributed by atoms with E-state index in [0.717, 1.165) is 5.56 Å². The van der Waals surface area contributed by atoms with Gasteiger partial charge in [0.25, 0.3) is 5.91 Å². The Hall–Kier alpha value is -2.69. The van der Waals surface area contributed by atoms with Gasteiger partial charge in [0.2, 0.25) is 10.0 Å². The van der Waals surface area contributed by atoms with E-state index in [2.05, 4.69) is 4.98 Å². The van der Waals surface area contributed by atoms with Crippen molar-refractivity contribution in [3.8, 4) is 11.5 Å². The van der Waals surface area contributed by atoms with Crippen LogP contribution in [0.5, 0.6) is 11.5 Å². The molecule has 0 spiro atoms. The molecule has 0 atom stereocenters. The molecule has 1 amide bonds. The SMILES string of the molecule is COc1cc(S(=O)(=O)N2CCOCC2)cc(C(=O)N(C)Cc2ccncc2)c1OC. The Morgan fingerprint density at radius 2 is 1.83 bits per heavy atom. The maximum atomic E-state index is 13.2. The van der Waals surface area contributed by atoms with Crippen molar-refractivity contribution in [2.45, 2.75) is 11.4 Å². The molecule has 0 N–H and O–H groups in total. The summed E-state index contributed by atoms with van der Waals surface area (Å²) >= 11 is 0. The monoisotopic (exact) mass is 435 g/mol. The first-order valence-corrected chi connectivity index (χ1v) is 10.8. The minimum absolute atomic E-state index is 0.0253. The van der Waals surface area contributed by atoms with Crippen molar-refractivity contribution in [3.05, 3.63) is 47.8 Å². The lowest BCUT2D eigenvalue weighted by Crippen LogP contribution is -2.40. The van der Waals surface area contributed by atoms with Gasteiger partial charge < -0.3 is 19.1 Å². The van der Waals surface area contributed by atoms with Crippen LogP contribution in [0.25, 0.3) is 0 Å². The van der Waals surface area contributed by atoms with E-state index in [9.17, 15) is 13.2 Å². The first kappa shape index (κ1) is 22.0. The highest BCUT2D eigenvalue weighted by Crippen LogP contribution is 2.36. The van der Waals surface area contributed by atoms with Crippen LogP contribution >= 0.6 is 0 Å². The third kappa shape index (κ3) is 4.55. The second kappa shape index (κ2) is 9.41. The number of carbonyl (C=O) groups excluding carboxylic acids is 1. The number of morpholine rings is 1. The van der Waals surface area contributed by atoms with E-state index in [1.54, 1.807) is 31.6 Å². The largest absolute Gasteiger partial charge is 0.493 e. The highest BCUT2D eigenvalue weighted by atomic mass is 32.2. The van der Waals surface area contributed by atoms with Gasteiger partial charge in [-0.25, -0.2) is 8.42 Å². The van der Waals surface area contributed by atoms with Gasteiger partial charge in [0, 0.05) is 45.1 Å². The molecule has 0 bridgehead atoms. The van der Waals surface area contributed by atoms with Crippen LogP contribution in [0.4, 0.5) is 0 Å². The third-order valence-corrected chi connectivity index (χ3v) is 6.68. The Bertz CT molecular complexity index is 991. The van der Waals surface area contributed by atoms with Gasteiger partial charge in [-0.1, -0.05) is 0 Å². The summed E-state index contributed by atoms with van der Waals surface area (Å²) in [5, 5.41) is 0. The highest BCUT2D eigenvalue weighted by molar-refractivity contribution is 7.89. The summed E-state index contributed by atoms with van der Waals surface area (Å²) in [5.74, 6) is -0.0292. The molecule has 1 aliphatic heterocycles. The number of sulfonamides is 1. The number of hydrogen-bond acceptors (Lipinski definition) is 7. The second-order valence-corrected chi connectivity index (χ2v) is 8.68. The van der Waals surface area contributed by atoms with Crippen molar-refractivity contribution in [1.82, 2.24) is 14.2 Å². The second-order valence-electron chi connectivity index (χ2n) is 6.74. The van der Waals surface area contributed by atoms with Crippen LogP contribution in [0.2, 0.25) is 0 Å². The zero-order valence-electron chi connectivity index (χ0n) is 17.2. The molecule has 0 radical (unpaired) electrons. The van der Waals surface area contributed by atoms with Gasteiger partial charge in [-0.05, 0) is 23.8 Å². The lowest BCUT2D eigenvalue weighted by atomic mass is 10.1. The van der Waals surface area contributed by atoms with Gasteiger partial charge in [0.1, 0.15) is 0 Å². The summed E-state index contributed by atoms with van der Waals surface area (Å²) in [7, 11) is 0.626. The van der Waals surface area contributed by atoms with Crippen LogP contribution in [0.1, 0.15) is 15.9 Å². The Morgan fingerprint density at radius 1 is 1.17 bits per heavy atom. The van der Waals surface area contributed by atoms with Crippen molar-refractivity contribution in [3.63, 3.8) is 0 Å². The van der Waals surface area contributed by atoms with Crippen LogP contribution in [0, 0.1) is 0 Å². The van der Waals surface area contributed by atoms with E-state index in [4.69, 9.17) is 14.2 Å². The van der Waals surface area contributed by atoms with Gasteiger partial charge in [-0.3, -0.25) is 9.78 Å². The van der Waals surface area contributed by atoms with Crippen LogP contribution < -0.4 is 9.47 Å². The van der Waals surface area contributed by atoms with Crippen molar-refractivity contribution in [2.24, 2.45) is 0 Å². The first-order valence-electron chi connectivity index (χ1n) is 9.36. The molecule has 0 unspecified atom stereocenters. The summed E-state index contributed by atoms with van der Waals surface area (Å²) in [6.07, 6.45) is 3.29. The number of rotatable bonds is 7. The molecule has 2 heterocycles. The molecule has 1 fully saturated rings. The van der Waals surface area contributed by atoms with Crippen LogP contribution in [-0.2, 0) is 21.3 Å². The number of pyridine rings is 1. The maximum Gasteiger partial charge on any atom is 0.257 e. The number of methoxy groups -OCH3 is 2. The molecule has 2 aromatic rings.